The first-order valence-corrected chi connectivity index (χ1v) is 12.4. The van der Waals surface area contributed by atoms with Gasteiger partial charge in [-0.15, -0.1) is 0 Å². The van der Waals surface area contributed by atoms with Gasteiger partial charge < -0.3 is 4.74 Å². The number of nitrogens with zero attached hydrogens (tertiary/aromatic N) is 3. The monoisotopic (exact) mass is 508 g/mol. The number of methoxy groups -OCH3 is 1. The van der Waals surface area contributed by atoms with Crippen LogP contribution in [0.4, 0.5) is 11.4 Å². The molecule has 0 saturated heterocycles. The van der Waals surface area contributed by atoms with Gasteiger partial charge in [-0.2, -0.15) is 5.10 Å². The summed E-state index contributed by atoms with van der Waals surface area (Å²) in [6.07, 6.45) is 4.63. The highest BCUT2D eigenvalue weighted by Gasteiger charge is 2.31. The second kappa shape index (κ2) is 10.8. The van der Waals surface area contributed by atoms with E-state index in [9.17, 15) is 23.3 Å². The summed E-state index contributed by atoms with van der Waals surface area (Å²) >= 11 is 6.11. The summed E-state index contributed by atoms with van der Waals surface area (Å²) in [6, 6.07) is 7.89. The number of aryl methyl sites for hydroxylation is 1. The molecule has 10 nitrogen and oxygen atoms in total. The van der Waals surface area contributed by atoms with Crippen LogP contribution in [-0.4, -0.2) is 38.6 Å². The third kappa shape index (κ3) is 5.84. The highest BCUT2D eigenvalue weighted by Crippen LogP contribution is 2.35. The summed E-state index contributed by atoms with van der Waals surface area (Å²) in [7, 11) is -3.08. The van der Waals surface area contributed by atoms with Crippen LogP contribution >= 0.6 is 11.6 Å². The van der Waals surface area contributed by atoms with Gasteiger partial charge in [-0.05, 0) is 56.9 Å². The Balaban J connectivity index is 2.03. The molecule has 2 aromatic rings. The van der Waals surface area contributed by atoms with Gasteiger partial charge in [-0.3, -0.25) is 19.2 Å². The van der Waals surface area contributed by atoms with Gasteiger partial charge in [0.15, 0.2) is 0 Å². The van der Waals surface area contributed by atoms with E-state index in [1.807, 2.05) is 0 Å². The van der Waals surface area contributed by atoms with Gasteiger partial charge in [-0.25, -0.2) is 13.8 Å². The first kappa shape index (κ1) is 25.4. The van der Waals surface area contributed by atoms with Gasteiger partial charge in [0.2, 0.25) is 0 Å². The van der Waals surface area contributed by atoms with Crippen molar-refractivity contribution in [3.05, 3.63) is 57.1 Å². The molecule has 182 valence electrons. The van der Waals surface area contributed by atoms with Crippen molar-refractivity contribution in [3.8, 4) is 5.75 Å². The Bertz CT molecular complexity index is 1220. The van der Waals surface area contributed by atoms with E-state index in [0.29, 0.717) is 5.56 Å². The van der Waals surface area contributed by atoms with Gasteiger partial charge in [0.05, 0.1) is 22.6 Å². The first-order valence-electron chi connectivity index (χ1n) is 10.6. The molecule has 1 aliphatic rings. The number of hydrogen-bond acceptors (Lipinski definition) is 7. The minimum Gasteiger partial charge on any atom is -0.495 e. The molecular formula is C22H25ClN4O6S. The molecule has 2 aromatic carbocycles. The molecule has 12 heteroatoms. The number of benzene rings is 2. The fourth-order valence-electron chi connectivity index (χ4n) is 3.61. The molecule has 34 heavy (non-hydrogen) atoms. The van der Waals surface area contributed by atoms with Crippen LogP contribution in [0.5, 0.6) is 5.75 Å². The second-order valence-corrected chi connectivity index (χ2v) is 10.1. The maximum atomic E-state index is 13.6. The van der Waals surface area contributed by atoms with E-state index in [0.717, 1.165) is 48.2 Å². The van der Waals surface area contributed by atoms with Gasteiger partial charge in [-0.1, -0.05) is 24.1 Å². The highest BCUT2D eigenvalue weighted by atomic mass is 35.5. The van der Waals surface area contributed by atoms with Gasteiger partial charge >= 0.3 is 0 Å². The van der Waals surface area contributed by atoms with Gasteiger partial charge in [0, 0.05) is 22.4 Å². The Morgan fingerprint density at radius 2 is 1.91 bits per heavy atom. The molecular weight excluding hydrogens is 484 g/mol. The van der Waals surface area contributed by atoms with Crippen molar-refractivity contribution >= 4 is 44.6 Å². The number of nitro benzene ring substituents is 1. The number of nitrogens with one attached hydrogen (secondary N) is 1. The lowest BCUT2D eigenvalue weighted by molar-refractivity contribution is -0.385. The van der Waals surface area contributed by atoms with E-state index < -0.39 is 27.4 Å². The van der Waals surface area contributed by atoms with Crippen molar-refractivity contribution in [1.82, 2.24) is 5.43 Å². The zero-order chi connectivity index (χ0) is 24.9. The standard InChI is InChI=1S/C22H25ClN4O6S/c1-15-8-10-18(13-19(15)27(29)30)34(31,32)26(20-12-16(23)9-11-21(20)33-2)14-22(28)25-24-17-6-4-3-5-7-17/h8-13H,3-7,14H2,1-2H3,(H,25,28). The fourth-order valence-corrected chi connectivity index (χ4v) is 5.22. The minimum atomic E-state index is -4.43. The number of anilines is 1. The molecule has 1 saturated carbocycles. The Kier molecular flexibility index (Phi) is 8.11. The predicted molar refractivity (Wildman–Crippen MR) is 129 cm³/mol. The largest absolute Gasteiger partial charge is 0.495 e. The van der Waals surface area contributed by atoms with E-state index in [2.05, 4.69) is 10.5 Å². The smallest absolute Gasteiger partial charge is 0.273 e. The fraction of sp³-hybridized carbons (Fsp3) is 0.364. The molecule has 0 atom stereocenters. The van der Waals surface area contributed by atoms with Crippen LogP contribution in [-0.2, 0) is 14.8 Å². The minimum absolute atomic E-state index is 0.0127. The number of hydrogen-bond donors (Lipinski definition) is 1. The zero-order valence-corrected chi connectivity index (χ0v) is 20.4. The lowest BCUT2D eigenvalue weighted by atomic mass is 9.99. The number of halogens is 1. The number of sulfonamides is 1. The average Bonchev–Trinajstić information content (AvgIpc) is 2.81. The molecule has 0 radical (unpaired) electrons. The van der Waals surface area contributed by atoms with E-state index in [4.69, 9.17) is 16.3 Å². The Morgan fingerprint density at radius 1 is 1.21 bits per heavy atom. The Hall–Kier alpha value is -3.18. The molecule has 0 spiro atoms. The summed E-state index contributed by atoms with van der Waals surface area (Å²) in [5.74, 6) is -0.522. The van der Waals surface area contributed by atoms with Crippen molar-refractivity contribution in [3.63, 3.8) is 0 Å². The maximum Gasteiger partial charge on any atom is 0.273 e. The van der Waals surface area contributed by atoms with E-state index in [1.54, 1.807) is 0 Å². The third-order valence-corrected chi connectivity index (χ3v) is 7.42. The third-order valence-electron chi connectivity index (χ3n) is 5.43. The van der Waals surface area contributed by atoms with Crippen molar-refractivity contribution in [2.24, 2.45) is 5.10 Å². The zero-order valence-electron chi connectivity index (χ0n) is 18.8. The number of rotatable bonds is 8. The second-order valence-electron chi connectivity index (χ2n) is 7.81. The molecule has 3 rings (SSSR count). The maximum absolute atomic E-state index is 13.6. The molecule has 1 fully saturated rings. The molecule has 0 aromatic heterocycles. The number of nitro groups is 1. The Morgan fingerprint density at radius 3 is 2.56 bits per heavy atom. The van der Waals surface area contributed by atoms with Crippen LogP contribution in [0.1, 0.15) is 37.7 Å². The SMILES string of the molecule is COc1ccc(Cl)cc1N(CC(=O)NN=C1CCCCC1)S(=O)(=O)c1ccc(C)c([N+](=O)[O-])c1. The lowest BCUT2D eigenvalue weighted by Crippen LogP contribution is -2.40. The molecule has 1 amide bonds. The topological polar surface area (TPSA) is 131 Å². The van der Waals surface area contributed by atoms with Crippen LogP contribution in [0.3, 0.4) is 0 Å². The highest BCUT2D eigenvalue weighted by molar-refractivity contribution is 7.92. The van der Waals surface area contributed by atoms with Crippen molar-refractivity contribution in [2.75, 3.05) is 18.0 Å². The van der Waals surface area contributed by atoms with Crippen LogP contribution in [0, 0.1) is 17.0 Å². The van der Waals surface area contributed by atoms with Crippen LogP contribution in [0.2, 0.25) is 5.02 Å². The predicted octanol–water partition coefficient (Wildman–Crippen LogP) is 4.20. The summed E-state index contributed by atoms with van der Waals surface area (Å²) in [5, 5.41) is 15.7. The molecule has 0 unspecified atom stereocenters. The molecule has 0 aliphatic heterocycles. The van der Waals surface area contributed by atoms with E-state index >= 15 is 0 Å². The number of hydrazone groups is 1. The molecule has 0 heterocycles. The van der Waals surface area contributed by atoms with Crippen molar-refractivity contribution in [1.29, 1.82) is 0 Å². The number of carbonyl (C=O) groups is 1. The number of carbonyl (C=O) groups excluding carboxylic acids is 1. The molecule has 0 bridgehead atoms. The molecule has 1 N–H and O–H groups in total. The quantitative estimate of drug-likeness (QED) is 0.420. The summed E-state index contributed by atoms with van der Waals surface area (Å²) < 4.78 is 33.4. The van der Waals surface area contributed by atoms with E-state index in [-0.39, 0.29) is 27.0 Å². The normalized spacial score (nSPS) is 13.8. The molecule has 1 aliphatic carbocycles. The Labute approximate surface area is 202 Å². The van der Waals surface area contributed by atoms with Crippen molar-refractivity contribution in [2.45, 2.75) is 43.9 Å². The average molecular weight is 509 g/mol. The summed E-state index contributed by atoms with van der Waals surface area (Å²) in [5.41, 5.74) is 3.24. The number of ether oxygens (including phenoxy) is 1. The summed E-state index contributed by atoms with van der Waals surface area (Å²) in [6.45, 7) is 0.863. The summed E-state index contributed by atoms with van der Waals surface area (Å²) in [4.78, 5) is 23.1. The van der Waals surface area contributed by atoms with Crippen molar-refractivity contribution < 1.29 is 22.9 Å². The van der Waals surface area contributed by atoms with Crippen LogP contribution < -0.4 is 14.5 Å². The lowest BCUT2D eigenvalue weighted by Gasteiger charge is -2.25. The van der Waals surface area contributed by atoms with Gasteiger partial charge in [0.25, 0.3) is 21.6 Å². The van der Waals surface area contributed by atoms with E-state index in [1.165, 1.54) is 44.4 Å². The van der Waals surface area contributed by atoms with Gasteiger partial charge in [0.1, 0.15) is 12.3 Å². The first-order chi connectivity index (χ1) is 16.1. The van der Waals surface area contributed by atoms with Crippen LogP contribution in [0.15, 0.2) is 46.4 Å². The number of amides is 1. The van der Waals surface area contributed by atoms with Crippen LogP contribution in [0.25, 0.3) is 0 Å².